The zero-order chi connectivity index (χ0) is 12.3. The Bertz CT molecular complexity index is 269. The first kappa shape index (κ1) is 13.2. The van der Waals surface area contributed by atoms with Gasteiger partial charge in [-0.05, 0) is 38.5 Å². The normalized spacial score (nSPS) is 23.4. The van der Waals surface area contributed by atoms with Crippen molar-refractivity contribution in [2.75, 3.05) is 12.4 Å². The molecule has 0 aromatic carbocycles. The van der Waals surface area contributed by atoms with Crippen LogP contribution in [-0.4, -0.2) is 29.3 Å². The molecule has 0 saturated heterocycles. The first-order chi connectivity index (χ1) is 8.17. The van der Waals surface area contributed by atoms with Gasteiger partial charge in [0.25, 0.3) is 0 Å². The van der Waals surface area contributed by atoms with Crippen LogP contribution in [0.2, 0.25) is 0 Å². The summed E-state index contributed by atoms with van der Waals surface area (Å²) in [5.74, 6) is 1.07. The van der Waals surface area contributed by atoms with Crippen molar-refractivity contribution in [2.45, 2.75) is 64.3 Å². The van der Waals surface area contributed by atoms with Gasteiger partial charge in [0.15, 0.2) is 0 Å². The molecule has 98 valence electrons. The highest BCUT2D eigenvalue weighted by molar-refractivity contribution is 6.17. The quantitative estimate of drug-likeness (QED) is 0.690. The summed E-state index contributed by atoms with van der Waals surface area (Å²) in [6.07, 6.45) is 9.21. The van der Waals surface area contributed by atoms with Gasteiger partial charge in [-0.2, -0.15) is 0 Å². The molecule has 0 N–H and O–H groups in total. The number of carbonyl (C=O) groups is 1. The maximum atomic E-state index is 12.7. The highest BCUT2D eigenvalue weighted by atomic mass is 35.5. The second kappa shape index (κ2) is 5.60. The fourth-order valence-corrected chi connectivity index (χ4v) is 3.21. The van der Waals surface area contributed by atoms with Crippen LogP contribution in [0, 0.1) is 5.41 Å². The highest BCUT2D eigenvalue weighted by Gasteiger charge is 2.41. The molecule has 2 saturated carbocycles. The van der Waals surface area contributed by atoms with Crippen molar-refractivity contribution in [1.82, 2.24) is 4.90 Å². The molecule has 0 aromatic rings. The van der Waals surface area contributed by atoms with E-state index in [0.29, 0.717) is 17.8 Å². The maximum absolute atomic E-state index is 12.7. The van der Waals surface area contributed by atoms with E-state index in [1.54, 1.807) is 0 Å². The molecule has 2 rings (SSSR count). The minimum Gasteiger partial charge on any atom is -0.339 e. The monoisotopic (exact) mass is 257 g/mol. The van der Waals surface area contributed by atoms with Crippen LogP contribution in [0.3, 0.4) is 0 Å². The molecule has 2 nitrogen and oxygen atoms in total. The Hall–Kier alpha value is -0.240. The minimum absolute atomic E-state index is 0.0676. The van der Waals surface area contributed by atoms with Gasteiger partial charge >= 0.3 is 0 Å². The van der Waals surface area contributed by atoms with Crippen LogP contribution in [0.15, 0.2) is 0 Å². The SMILES string of the molecule is CC1(C(=O)N(CCCCl)C2CCC2)CCCC1. The summed E-state index contributed by atoms with van der Waals surface area (Å²) >= 11 is 5.77. The summed E-state index contributed by atoms with van der Waals surface area (Å²) in [6, 6.07) is 0.517. The van der Waals surface area contributed by atoms with Crippen LogP contribution in [0.4, 0.5) is 0 Å². The van der Waals surface area contributed by atoms with Crippen LogP contribution in [-0.2, 0) is 4.79 Å². The van der Waals surface area contributed by atoms with Crippen molar-refractivity contribution in [3.63, 3.8) is 0 Å². The lowest BCUT2D eigenvalue weighted by molar-refractivity contribution is -0.145. The van der Waals surface area contributed by atoms with Gasteiger partial charge in [0, 0.05) is 23.9 Å². The summed E-state index contributed by atoms with van der Waals surface area (Å²) in [4.78, 5) is 14.8. The topological polar surface area (TPSA) is 20.3 Å². The molecule has 2 aliphatic rings. The van der Waals surface area contributed by atoms with Crippen LogP contribution in [0.1, 0.15) is 58.3 Å². The van der Waals surface area contributed by atoms with E-state index in [2.05, 4.69) is 11.8 Å². The van der Waals surface area contributed by atoms with E-state index >= 15 is 0 Å². The molecule has 1 amide bonds. The van der Waals surface area contributed by atoms with Crippen molar-refractivity contribution < 1.29 is 4.79 Å². The number of nitrogens with zero attached hydrogens (tertiary/aromatic N) is 1. The molecule has 0 aromatic heterocycles. The Morgan fingerprint density at radius 2 is 1.94 bits per heavy atom. The summed E-state index contributed by atoms with van der Waals surface area (Å²) < 4.78 is 0. The van der Waals surface area contributed by atoms with Crippen LogP contribution < -0.4 is 0 Å². The number of halogens is 1. The van der Waals surface area contributed by atoms with Crippen molar-refractivity contribution >= 4 is 17.5 Å². The molecule has 3 heteroatoms. The zero-order valence-corrected chi connectivity index (χ0v) is 11.6. The predicted molar refractivity (Wildman–Crippen MR) is 71.3 cm³/mol. The highest BCUT2D eigenvalue weighted by Crippen LogP contribution is 2.41. The van der Waals surface area contributed by atoms with Gasteiger partial charge in [0.2, 0.25) is 5.91 Å². The van der Waals surface area contributed by atoms with Crippen molar-refractivity contribution in [2.24, 2.45) is 5.41 Å². The van der Waals surface area contributed by atoms with Crippen LogP contribution in [0.5, 0.6) is 0 Å². The predicted octanol–water partition coefficient (Wildman–Crippen LogP) is 3.58. The Morgan fingerprint density at radius 1 is 1.29 bits per heavy atom. The minimum atomic E-state index is -0.0676. The van der Waals surface area contributed by atoms with E-state index in [0.717, 1.165) is 25.8 Å². The summed E-state index contributed by atoms with van der Waals surface area (Å²) in [5.41, 5.74) is -0.0676. The number of hydrogen-bond donors (Lipinski definition) is 0. The Labute approximate surface area is 110 Å². The second-order valence-corrected chi connectivity index (χ2v) is 6.27. The van der Waals surface area contributed by atoms with Crippen molar-refractivity contribution in [3.8, 4) is 0 Å². The van der Waals surface area contributed by atoms with Crippen molar-refractivity contribution in [1.29, 1.82) is 0 Å². The third-order valence-corrected chi connectivity index (χ3v) is 4.80. The van der Waals surface area contributed by atoms with E-state index in [-0.39, 0.29) is 5.41 Å². The number of hydrogen-bond acceptors (Lipinski definition) is 1. The molecule has 0 unspecified atom stereocenters. The molecular formula is C14H24ClNO. The van der Waals surface area contributed by atoms with E-state index in [1.807, 2.05) is 0 Å². The van der Waals surface area contributed by atoms with E-state index in [4.69, 9.17) is 11.6 Å². The molecule has 0 aliphatic heterocycles. The van der Waals surface area contributed by atoms with Crippen LogP contribution >= 0.6 is 11.6 Å². The summed E-state index contributed by atoms with van der Waals surface area (Å²) in [6.45, 7) is 3.03. The molecule has 0 spiro atoms. The number of amides is 1. The molecule has 0 atom stereocenters. The lowest BCUT2D eigenvalue weighted by Gasteiger charge is -2.41. The lowest BCUT2D eigenvalue weighted by atomic mass is 9.84. The largest absolute Gasteiger partial charge is 0.339 e. The van der Waals surface area contributed by atoms with Gasteiger partial charge in [-0.3, -0.25) is 4.79 Å². The van der Waals surface area contributed by atoms with Gasteiger partial charge in [0.05, 0.1) is 0 Å². The van der Waals surface area contributed by atoms with Crippen LogP contribution in [0.25, 0.3) is 0 Å². The van der Waals surface area contributed by atoms with E-state index in [1.165, 1.54) is 32.1 Å². The summed E-state index contributed by atoms with van der Waals surface area (Å²) in [5, 5.41) is 0. The fraction of sp³-hybridized carbons (Fsp3) is 0.929. The zero-order valence-electron chi connectivity index (χ0n) is 10.9. The second-order valence-electron chi connectivity index (χ2n) is 5.89. The smallest absolute Gasteiger partial charge is 0.228 e. The van der Waals surface area contributed by atoms with Gasteiger partial charge in [-0.1, -0.05) is 19.8 Å². The first-order valence-corrected chi connectivity index (χ1v) is 7.58. The first-order valence-electron chi connectivity index (χ1n) is 7.04. The van der Waals surface area contributed by atoms with Gasteiger partial charge in [-0.15, -0.1) is 11.6 Å². The van der Waals surface area contributed by atoms with Gasteiger partial charge in [-0.25, -0.2) is 0 Å². The number of carbonyl (C=O) groups excluding carboxylic acids is 1. The molecule has 2 aliphatic carbocycles. The Morgan fingerprint density at radius 3 is 2.41 bits per heavy atom. The molecular weight excluding hydrogens is 234 g/mol. The van der Waals surface area contributed by atoms with Gasteiger partial charge < -0.3 is 4.90 Å². The van der Waals surface area contributed by atoms with Crippen molar-refractivity contribution in [3.05, 3.63) is 0 Å². The molecule has 0 bridgehead atoms. The molecule has 0 heterocycles. The third-order valence-electron chi connectivity index (χ3n) is 4.53. The Balaban J connectivity index is 2.00. The maximum Gasteiger partial charge on any atom is 0.228 e. The number of alkyl halides is 1. The summed E-state index contributed by atoms with van der Waals surface area (Å²) in [7, 11) is 0. The molecule has 17 heavy (non-hydrogen) atoms. The standard InChI is InChI=1S/C14H24ClNO/c1-14(8-2-3-9-14)13(17)16(11-5-10-15)12-6-4-7-12/h12H,2-11H2,1H3. The lowest BCUT2D eigenvalue weighted by Crippen LogP contribution is -2.50. The molecule has 2 fully saturated rings. The Kier molecular flexibility index (Phi) is 4.35. The average molecular weight is 258 g/mol. The van der Waals surface area contributed by atoms with E-state index < -0.39 is 0 Å². The molecule has 0 radical (unpaired) electrons. The fourth-order valence-electron chi connectivity index (χ4n) is 3.09. The third kappa shape index (κ3) is 2.78. The average Bonchev–Trinajstić information content (AvgIpc) is 2.69. The van der Waals surface area contributed by atoms with Gasteiger partial charge in [0.1, 0.15) is 0 Å². The van der Waals surface area contributed by atoms with E-state index in [9.17, 15) is 4.79 Å². The number of rotatable bonds is 5.